The van der Waals surface area contributed by atoms with Gasteiger partial charge in [-0.05, 0) is 56.7 Å². The molecule has 0 spiro atoms. The third kappa shape index (κ3) is 4.34. The number of rotatable bonds is 6. The SMILES string of the molecule is Cc1nccn1Cc1ccc(C(=O)NCCC2=CCCCC2)cc1. The lowest BCUT2D eigenvalue weighted by molar-refractivity contribution is 0.0954. The highest BCUT2D eigenvalue weighted by Crippen LogP contribution is 2.19. The van der Waals surface area contributed by atoms with Crippen LogP contribution in [-0.2, 0) is 6.54 Å². The molecule has 0 aliphatic heterocycles. The van der Waals surface area contributed by atoms with Gasteiger partial charge in [0, 0.05) is 31.0 Å². The van der Waals surface area contributed by atoms with Crippen LogP contribution in [0.25, 0.3) is 0 Å². The van der Waals surface area contributed by atoms with Crippen LogP contribution in [0.1, 0.15) is 53.8 Å². The van der Waals surface area contributed by atoms with Crippen LogP contribution < -0.4 is 5.32 Å². The molecule has 0 saturated carbocycles. The van der Waals surface area contributed by atoms with Gasteiger partial charge in [0.15, 0.2) is 0 Å². The first-order valence-corrected chi connectivity index (χ1v) is 8.75. The van der Waals surface area contributed by atoms with E-state index in [1.165, 1.54) is 36.8 Å². The topological polar surface area (TPSA) is 46.9 Å². The molecular weight excluding hydrogens is 298 g/mol. The second-order valence-electron chi connectivity index (χ2n) is 6.41. The first-order valence-electron chi connectivity index (χ1n) is 8.75. The van der Waals surface area contributed by atoms with Crippen LogP contribution in [0.2, 0.25) is 0 Å². The van der Waals surface area contributed by atoms with Gasteiger partial charge in [-0.1, -0.05) is 23.8 Å². The standard InChI is InChI=1S/C20H25N3O/c1-16-21-13-14-23(16)15-18-7-9-19(10-8-18)20(24)22-12-11-17-5-3-2-4-6-17/h5,7-10,13-14H,2-4,6,11-12,15H2,1H3,(H,22,24). The summed E-state index contributed by atoms with van der Waals surface area (Å²) in [4.78, 5) is 16.4. The van der Waals surface area contributed by atoms with Crippen LogP contribution >= 0.6 is 0 Å². The Kier molecular flexibility index (Phi) is 5.47. The first-order chi connectivity index (χ1) is 11.7. The third-order valence-corrected chi connectivity index (χ3v) is 4.61. The van der Waals surface area contributed by atoms with Gasteiger partial charge >= 0.3 is 0 Å². The van der Waals surface area contributed by atoms with Crippen molar-refractivity contribution in [2.75, 3.05) is 6.54 Å². The smallest absolute Gasteiger partial charge is 0.251 e. The fourth-order valence-corrected chi connectivity index (χ4v) is 3.10. The van der Waals surface area contributed by atoms with Crippen molar-refractivity contribution in [1.82, 2.24) is 14.9 Å². The highest BCUT2D eigenvalue weighted by Gasteiger charge is 2.07. The number of benzene rings is 1. The van der Waals surface area contributed by atoms with E-state index in [9.17, 15) is 4.79 Å². The van der Waals surface area contributed by atoms with Gasteiger partial charge in [0.05, 0.1) is 0 Å². The Morgan fingerprint density at radius 2 is 2.08 bits per heavy atom. The molecule has 4 nitrogen and oxygen atoms in total. The van der Waals surface area contributed by atoms with E-state index < -0.39 is 0 Å². The Bertz CT molecular complexity index is 713. The van der Waals surface area contributed by atoms with Crippen LogP contribution in [0.4, 0.5) is 0 Å². The van der Waals surface area contributed by atoms with Gasteiger partial charge in [0.2, 0.25) is 0 Å². The maximum Gasteiger partial charge on any atom is 0.251 e. The first kappa shape index (κ1) is 16.5. The Balaban J connectivity index is 1.50. The lowest BCUT2D eigenvalue weighted by Crippen LogP contribution is -2.24. The molecule has 1 aliphatic rings. The Hall–Kier alpha value is -2.36. The Morgan fingerprint density at radius 3 is 2.75 bits per heavy atom. The molecule has 0 saturated heterocycles. The van der Waals surface area contributed by atoms with E-state index in [1.54, 1.807) is 6.20 Å². The molecule has 0 fully saturated rings. The number of amides is 1. The van der Waals surface area contributed by atoms with Crippen molar-refractivity contribution >= 4 is 5.91 Å². The number of nitrogens with zero attached hydrogens (tertiary/aromatic N) is 2. The quantitative estimate of drug-likeness (QED) is 0.821. The van der Waals surface area contributed by atoms with Crippen molar-refractivity contribution in [3.63, 3.8) is 0 Å². The van der Waals surface area contributed by atoms with Crippen molar-refractivity contribution in [3.05, 3.63) is 65.3 Å². The molecule has 0 atom stereocenters. The Labute approximate surface area is 143 Å². The zero-order valence-electron chi connectivity index (χ0n) is 14.3. The molecule has 3 rings (SSSR count). The highest BCUT2D eigenvalue weighted by molar-refractivity contribution is 5.94. The number of hydrogen-bond donors (Lipinski definition) is 1. The van der Waals surface area contributed by atoms with Gasteiger partial charge in [-0.2, -0.15) is 0 Å². The second-order valence-corrected chi connectivity index (χ2v) is 6.41. The molecule has 1 N–H and O–H groups in total. The number of imidazole rings is 1. The van der Waals surface area contributed by atoms with Crippen molar-refractivity contribution < 1.29 is 4.79 Å². The molecule has 0 radical (unpaired) electrons. The van der Waals surface area contributed by atoms with E-state index in [-0.39, 0.29) is 5.91 Å². The summed E-state index contributed by atoms with van der Waals surface area (Å²) in [6, 6.07) is 7.82. The Morgan fingerprint density at radius 1 is 1.25 bits per heavy atom. The molecule has 0 unspecified atom stereocenters. The molecule has 1 amide bonds. The second kappa shape index (κ2) is 7.95. The van der Waals surface area contributed by atoms with Gasteiger partial charge in [0.1, 0.15) is 5.82 Å². The predicted molar refractivity (Wildman–Crippen MR) is 96.0 cm³/mol. The average molecular weight is 323 g/mol. The highest BCUT2D eigenvalue weighted by atomic mass is 16.1. The number of carbonyl (C=O) groups excluding carboxylic acids is 1. The molecule has 126 valence electrons. The third-order valence-electron chi connectivity index (χ3n) is 4.61. The molecule has 1 aliphatic carbocycles. The van der Waals surface area contributed by atoms with Crippen LogP contribution in [0, 0.1) is 6.92 Å². The average Bonchev–Trinajstić information content (AvgIpc) is 3.01. The maximum atomic E-state index is 12.2. The normalized spacial score (nSPS) is 14.3. The van der Waals surface area contributed by atoms with Gasteiger partial charge < -0.3 is 9.88 Å². The summed E-state index contributed by atoms with van der Waals surface area (Å²) in [5, 5.41) is 3.03. The maximum absolute atomic E-state index is 12.2. The fourth-order valence-electron chi connectivity index (χ4n) is 3.10. The van der Waals surface area contributed by atoms with Crippen LogP contribution in [0.5, 0.6) is 0 Å². The number of aromatic nitrogens is 2. The monoisotopic (exact) mass is 323 g/mol. The zero-order valence-corrected chi connectivity index (χ0v) is 14.3. The minimum atomic E-state index is 0.0109. The number of allylic oxidation sites excluding steroid dienone is 1. The van der Waals surface area contributed by atoms with Crippen molar-refractivity contribution in [3.8, 4) is 0 Å². The molecule has 4 heteroatoms. The summed E-state index contributed by atoms with van der Waals surface area (Å²) in [6.45, 7) is 3.49. The van der Waals surface area contributed by atoms with E-state index in [4.69, 9.17) is 0 Å². The number of aryl methyl sites for hydroxylation is 1. The molecule has 2 aromatic rings. The van der Waals surface area contributed by atoms with E-state index in [2.05, 4.69) is 20.9 Å². The van der Waals surface area contributed by atoms with Crippen molar-refractivity contribution in [1.29, 1.82) is 0 Å². The molecule has 1 heterocycles. The van der Waals surface area contributed by atoms with Gasteiger partial charge in [-0.25, -0.2) is 4.98 Å². The number of nitrogens with one attached hydrogen (secondary N) is 1. The lowest BCUT2D eigenvalue weighted by atomic mass is 9.97. The molecular formula is C20H25N3O. The van der Waals surface area contributed by atoms with E-state index >= 15 is 0 Å². The minimum absolute atomic E-state index is 0.0109. The van der Waals surface area contributed by atoms with Crippen molar-refractivity contribution in [2.45, 2.75) is 45.6 Å². The molecule has 24 heavy (non-hydrogen) atoms. The summed E-state index contributed by atoms with van der Waals surface area (Å²) < 4.78 is 2.09. The summed E-state index contributed by atoms with van der Waals surface area (Å²) in [5.41, 5.74) is 3.38. The largest absolute Gasteiger partial charge is 0.352 e. The summed E-state index contributed by atoms with van der Waals surface area (Å²) in [7, 11) is 0. The van der Waals surface area contributed by atoms with E-state index in [0.717, 1.165) is 30.9 Å². The zero-order chi connectivity index (χ0) is 16.8. The van der Waals surface area contributed by atoms with Gasteiger partial charge in [-0.3, -0.25) is 4.79 Å². The predicted octanol–water partition coefficient (Wildman–Crippen LogP) is 3.86. The lowest BCUT2D eigenvalue weighted by Gasteiger charge is -2.13. The molecule has 0 bridgehead atoms. The summed E-state index contributed by atoms with van der Waals surface area (Å²) in [6.07, 6.45) is 12.1. The van der Waals surface area contributed by atoms with Gasteiger partial charge in [0.25, 0.3) is 5.91 Å². The number of hydrogen-bond acceptors (Lipinski definition) is 2. The molecule has 1 aromatic carbocycles. The van der Waals surface area contributed by atoms with Crippen LogP contribution in [-0.4, -0.2) is 22.0 Å². The van der Waals surface area contributed by atoms with Gasteiger partial charge in [-0.15, -0.1) is 0 Å². The summed E-state index contributed by atoms with van der Waals surface area (Å²) in [5.74, 6) is 1.01. The summed E-state index contributed by atoms with van der Waals surface area (Å²) >= 11 is 0. The van der Waals surface area contributed by atoms with Crippen LogP contribution in [0.15, 0.2) is 48.3 Å². The minimum Gasteiger partial charge on any atom is -0.352 e. The van der Waals surface area contributed by atoms with E-state index in [1.807, 2.05) is 37.4 Å². The molecule has 1 aromatic heterocycles. The van der Waals surface area contributed by atoms with E-state index in [0.29, 0.717) is 0 Å². The van der Waals surface area contributed by atoms with Crippen LogP contribution in [0.3, 0.4) is 0 Å². The van der Waals surface area contributed by atoms with Crippen molar-refractivity contribution in [2.24, 2.45) is 0 Å². The fraction of sp³-hybridized carbons (Fsp3) is 0.400. The number of carbonyl (C=O) groups is 1.